The van der Waals surface area contributed by atoms with Crippen LogP contribution in [0, 0.1) is 0 Å². The van der Waals surface area contributed by atoms with Gasteiger partial charge in [0.25, 0.3) is 5.91 Å². The lowest BCUT2D eigenvalue weighted by Gasteiger charge is -2.35. The van der Waals surface area contributed by atoms with E-state index in [1.54, 1.807) is 48.7 Å². The van der Waals surface area contributed by atoms with Gasteiger partial charge in [-0.3, -0.25) is 4.79 Å². The molecule has 1 saturated heterocycles. The van der Waals surface area contributed by atoms with E-state index in [-0.39, 0.29) is 17.8 Å². The summed E-state index contributed by atoms with van der Waals surface area (Å²) in [6.45, 7) is 1.55. The van der Waals surface area contributed by atoms with Crippen LogP contribution in [0.3, 0.4) is 0 Å². The average molecular weight is 409 g/mol. The highest BCUT2D eigenvalue weighted by atomic mass is 16.2. The van der Waals surface area contributed by atoms with Crippen LogP contribution in [-0.2, 0) is 0 Å². The van der Waals surface area contributed by atoms with Gasteiger partial charge < -0.3 is 26.6 Å². The SMILES string of the molecule is CN(C)C1CCN(C(=O)c2ccc(NC(N)=NC(N)=Nc3ccccn3)cc2)CC1. The Hall–Kier alpha value is -3.46. The molecule has 5 N–H and O–H groups in total. The number of aliphatic imine (C=N–C) groups is 2. The molecule has 1 fully saturated rings. The van der Waals surface area contributed by atoms with Crippen LogP contribution in [0.5, 0.6) is 0 Å². The van der Waals surface area contributed by atoms with Gasteiger partial charge >= 0.3 is 0 Å². The second kappa shape index (κ2) is 9.84. The minimum absolute atomic E-state index is 0.00775. The Morgan fingerprint density at radius 3 is 2.43 bits per heavy atom. The van der Waals surface area contributed by atoms with E-state index in [4.69, 9.17) is 11.5 Å². The number of carbonyl (C=O) groups excluding carboxylic acids is 1. The monoisotopic (exact) mass is 408 g/mol. The number of nitrogens with two attached hydrogens (primary N) is 2. The summed E-state index contributed by atoms with van der Waals surface area (Å²) in [5.41, 5.74) is 13.0. The standard InChI is InChI=1S/C21H28N8O/c1-28(2)17-10-13-29(14-11-17)19(30)15-6-8-16(9-7-15)25-20(22)27-21(23)26-18-5-3-4-12-24-18/h3-9,12,17H,10-11,13-14H2,1-2H3,(H5,22,23,24,25,26,27). The highest BCUT2D eigenvalue weighted by Gasteiger charge is 2.24. The van der Waals surface area contributed by atoms with Crippen molar-refractivity contribution in [1.82, 2.24) is 14.8 Å². The van der Waals surface area contributed by atoms with Gasteiger partial charge in [-0.1, -0.05) is 6.07 Å². The number of hydrogen-bond acceptors (Lipinski definition) is 4. The molecule has 158 valence electrons. The topological polar surface area (TPSA) is 125 Å². The largest absolute Gasteiger partial charge is 0.369 e. The minimum atomic E-state index is -0.00775. The highest BCUT2D eigenvalue weighted by Crippen LogP contribution is 2.18. The molecular weight excluding hydrogens is 380 g/mol. The average Bonchev–Trinajstić information content (AvgIpc) is 2.74. The number of anilines is 1. The summed E-state index contributed by atoms with van der Waals surface area (Å²) < 4.78 is 0. The molecule has 1 amide bonds. The quantitative estimate of drug-likeness (QED) is 0.521. The molecule has 30 heavy (non-hydrogen) atoms. The molecule has 3 rings (SSSR count). The number of rotatable bonds is 4. The third-order valence-corrected chi connectivity index (χ3v) is 5.00. The van der Waals surface area contributed by atoms with E-state index in [9.17, 15) is 4.79 Å². The lowest BCUT2D eigenvalue weighted by atomic mass is 10.0. The zero-order chi connectivity index (χ0) is 21.5. The van der Waals surface area contributed by atoms with Gasteiger partial charge in [-0.2, -0.15) is 9.98 Å². The van der Waals surface area contributed by atoms with E-state index in [0.29, 0.717) is 23.1 Å². The van der Waals surface area contributed by atoms with Crippen molar-refractivity contribution in [3.05, 3.63) is 54.2 Å². The summed E-state index contributed by atoms with van der Waals surface area (Å²) in [6, 6.07) is 13.0. The number of likely N-dealkylation sites (tertiary alicyclic amines) is 1. The fraction of sp³-hybridized carbons (Fsp3) is 0.333. The lowest BCUT2D eigenvalue weighted by Crippen LogP contribution is -2.44. The molecule has 2 heterocycles. The van der Waals surface area contributed by atoms with Crippen LogP contribution in [0.4, 0.5) is 11.5 Å². The Labute approximate surface area is 176 Å². The Morgan fingerprint density at radius 2 is 1.83 bits per heavy atom. The summed E-state index contributed by atoms with van der Waals surface area (Å²) in [7, 11) is 4.17. The number of guanidine groups is 2. The van der Waals surface area contributed by atoms with Crippen LogP contribution >= 0.6 is 0 Å². The minimum Gasteiger partial charge on any atom is -0.369 e. The Morgan fingerprint density at radius 1 is 1.13 bits per heavy atom. The van der Waals surface area contributed by atoms with Crippen molar-refractivity contribution in [3.8, 4) is 0 Å². The fourth-order valence-electron chi connectivity index (χ4n) is 3.33. The van der Waals surface area contributed by atoms with E-state index < -0.39 is 0 Å². The van der Waals surface area contributed by atoms with Crippen LogP contribution in [-0.4, -0.2) is 65.8 Å². The fourth-order valence-corrected chi connectivity index (χ4v) is 3.33. The summed E-state index contributed by atoms with van der Waals surface area (Å²) in [5, 5.41) is 2.94. The number of amides is 1. The first-order valence-corrected chi connectivity index (χ1v) is 9.84. The zero-order valence-corrected chi connectivity index (χ0v) is 17.3. The molecule has 9 nitrogen and oxygen atoms in total. The molecule has 2 aromatic rings. The van der Waals surface area contributed by atoms with Crippen molar-refractivity contribution in [1.29, 1.82) is 0 Å². The van der Waals surface area contributed by atoms with Crippen molar-refractivity contribution >= 4 is 29.3 Å². The van der Waals surface area contributed by atoms with Crippen LogP contribution in [0.1, 0.15) is 23.2 Å². The third-order valence-electron chi connectivity index (χ3n) is 5.00. The molecule has 0 unspecified atom stereocenters. The van der Waals surface area contributed by atoms with Crippen molar-refractivity contribution in [3.63, 3.8) is 0 Å². The maximum absolute atomic E-state index is 12.7. The molecule has 0 atom stereocenters. The van der Waals surface area contributed by atoms with E-state index in [1.807, 2.05) is 4.90 Å². The van der Waals surface area contributed by atoms with Crippen molar-refractivity contribution in [2.24, 2.45) is 21.5 Å². The Bertz CT molecular complexity index is 900. The van der Waals surface area contributed by atoms with Crippen molar-refractivity contribution in [2.45, 2.75) is 18.9 Å². The number of pyridine rings is 1. The molecule has 1 aromatic carbocycles. The van der Waals surface area contributed by atoms with Gasteiger partial charge in [0.2, 0.25) is 11.9 Å². The smallest absolute Gasteiger partial charge is 0.253 e. The molecule has 1 aromatic heterocycles. The van der Waals surface area contributed by atoms with Gasteiger partial charge in [0, 0.05) is 36.6 Å². The van der Waals surface area contributed by atoms with Gasteiger partial charge in [0.15, 0.2) is 5.82 Å². The van der Waals surface area contributed by atoms with Crippen LogP contribution in [0.25, 0.3) is 0 Å². The van der Waals surface area contributed by atoms with E-state index in [2.05, 4.69) is 39.3 Å². The van der Waals surface area contributed by atoms with Crippen LogP contribution in [0.15, 0.2) is 58.6 Å². The normalized spacial score (nSPS) is 16.0. The number of piperidine rings is 1. The molecule has 1 aliphatic rings. The van der Waals surface area contributed by atoms with Gasteiger partial charge in [-0.25, -0.2) is 4.98 Å². The van der Waals surface area contributed by atoms with Gasteiger partial charge in [-0.15, -0.1) is 0 Å². The molecule has 1 aliphatic heterocycles. The Balaban J connectivity index is 1.57. The molecule has 0 aliphatic carbocycles. The second-order valence-electron chi connectivity index (χ2n) is 7.34. The van der Waals surface area contributed by atoms with Crippen LogP contribution in [0.2, 0.25) is 0 Å². The van der Waals surface area contributed by atoms with Crippen molar-refractivity contribution in [2.75, 3.05) is 32.5 Å². The first-order valence-electron chi connectivity index (χ1n) is 9.84. The zero-order valence-electron chi connectivity index (χ0n) is 17.3. The second-order valence-corrected chi connectivity index (χ2v) is 7.34. The molecule has 0 radical (unpaired) electrons. The summed E-state index contributed by atoms with van der Waals surface area (Å²) in [5.74, 6) is 0.583. The molecule has 0 bridgehead atoms. The molecule has 0 spiro atoms. The molecular formula is C21H28N8O. The summed E-state index contributed by atoms with van der Waals surface area (Å²) in [6.07, 6.45) is 3.60. The van der Waals surface area contributed by atoms with Crippen LogP contribution < -0.4 is 16.8 Å². The predicted molar refractivity (Wildman–Crippen MR) is 120 cm³/mol. The summed E-state index contributed by atoms with van der Waals surface area (Å²) in [4.78, 5) is 29.0. The summed E-state index contributed by atoms with van der Waals surface area (Å²) >= 11 is 0. The van der Waals surface area contributed by atoms with Crippen molar-refractivity contribution < 1.29 is 4.79 Å². The highest BCUT2D eigenvalue weighted by molar-refractivity contribution is 6.01. The third kappa shape index (κ3) is 5.77. The number of hydrogen-bond donors (Lipinski definition) is 3. The number of benzene rings is 1. The number of carbonyl (C=O) groups is 1. The van der Waals surface area contributed by atoms with Gasteiger partial charge in [-0.05, 0) is 63.3 Å². The maximum atomic E-state index is 12.7. The van der Waals surface area contributed by atoms with Gasteiger partial charge in [0.1, 0.15) is 0 Å². The van der Waals surface area contributed by atoms with E-state index in [1.165, 1.54) is 0 Å². The number of nitrogens with zero attached hydrogens (tertiary/aromatic N) is 5. The van der Waals surface area contributed by atoms with E-state index in [0.717, 1.165) is 25.9 Å². The molecule has 9 heteroatoms. The van der Waals surface area contributed by atoms with E-state index >= 15 is 0 Å². The first-order chi connectivity index (χ1) is 14.4. The first kappa shape index (κ1) is 21.3. The Kier molecular flexibility index (Phi) is 6.97. The number of nitrogens with one attached hydrogen (secondary N) is 1. The van der Waals surface area contributed by atoms with Gasteiger partial charge in [0.05, 0.1) is 0 Å². The lowest BCUT2D eigenvalue weighted by molar-refractivity contribution is 0.0663. The molecule has 0 saturated carbocycles. The predicted octanol–water partition coefficient (Wildman–Crippen LogP) is 1.62. The number of aromatic nitrogens is 1. The maximum Gasteiger partial charge on any atom is 0.253 e.